The lowest BCUT2D eigenvalue weighted by atomic mass is 9.85. The molecule has 1 aromatic carbocycles. The molecule has 4 nitrogen and oxygen atoms in total. The smallest absolute Gasteiger partial charge is 0.354 e. The first-order chi connectivity index (χ1) is 10.8. The van der Waals surface area contributed by atoms with Gasteiger partial charge in [0.15, 0.2) is 0 Å². The van der Waals surface area contributed by atoms with Crippen LogP contribution in [0.25, 0.3) is 0 Å². The van der Waals surface area contributed by atoms with Crippen LogP contribution < -0.4 is 10.2 Å². The van der Waals surface area contributed by atoms with Gasteiger partial charge in [-0.1, -0.05) is 18.6 Å². The second-order valence-corrected chi connectivity index (χ2v) is 5.60. The van der Waals surface area contributed by atoms with Crippen LogP contribution in [-0.2, 0) is 15.8 Å². The number of benzene rings is 1. The van der Waals surface area contributed by atoms with Gasteiger partial charge in [-0.15, -0.1) is 0 Å². The minimum absolute atomic E-state index is 0.000880. The zero-order chi connectivity index (χ0) is 17.0. The van der Waals surface area contributed by atoms with E-state index in [2.05, 4.69) is 5.32 Å². The van der Waals surface area contributed by atoms with Crippen LogP contribution in [0.3, 0.4) is 0 Å². The normalized spacial score (nSPS) is 15.0. The first kappa shape index (κ1) is 17.3. The molecule has 2 rings (SSSR count). The van der Waals surface area contributed by atoms with Crippen molar-refractivity contribution in [2.45, 2.75) is 32.4 Å². The van der Waals surface area contributed by atoms with Gasteiger partial charge in [0.05, 0.1) is 11.3 Å². The summed E-state index contributed by atoms with van der Waals surface area (Å²) in [6.45, 7) is 1.34. The second kappa shape index (κ2) is 7.02. The molecule has 0 unspecified atom stereocenters. The third kappa shape index (κ3) is 4.24. The molecule has 0 saturated heterocycles. The number of carbonyl (C=O) groups is 2. The molecule has 0 spiro atoms. The Balaban J connectivity index is 2.07. The van der Waals surface area contributed by atoms with Gasteiger partial charge in [0.25, 0.3) is 0 Å². The van der Waals surface area contributed by atoms with E-state index in [1.54, 1.807) is 0 Å². The monoisotopic (exact) mass is 328 g/mol. The van der Waals surface area contributed by atoms with Gasteiger partial charge in [0, 0.05) is 25.9 Å². The Hall–Kier alpha value is -2.05. The first-order valence-corrected chi connectivity index (χ1v) is 7.52. The highest BCUT2D eigenvalue weighted by Crippen LogP contribution is 2.36. The Labute approximate surface area is 132 Å². The molecule has 23 heavy (non-hydrogen) atoms. The number of nitrogens with one attached hydrogen (secondary N) is 1. The Kier molecular flexibility index (Phi) is 5.28. The standard InChI is InChI=1S/C16H19F3N2O2/c1-11(22)21(10-9-20-15(23)12-5-4-6-12)14-8-3-2-7-13(14)16(17,18)19/h2-3,7-8,12H,4-6,9-10H2,1H3,(H,20,23). The van der Waals surface area contributed by atoms with Crippen LogP contribution in [0.1, 0.15) is 31.7 Å². The predicted molar refractivity (Wildman–Crippen MR) is 79.8 cm³/mol. The average Bonchev–Trinajstić information content (AvgIpc) is 2.40. The molecule has 1 fully saturated rings. The van der Waals surface area contributed by atoms with Crippen LogP contribution in [0, 0.1) is 5.92 Å². The fraction of sp³-hybridized carbons (Fsp3) is 0.500. The lowest BCUT2D eigenvalue weighted by Crippen LogP contribution is -2.41. The van der Waals surface area contributed by atoms with Crippen molar-refractivity contribution in [1.29, 1.82) is 0 Å². The maximum absolute atomic E-state index is 13.1. The molecule has 7 heteroatoms. The first-order valence-electron chi connectivity index (χ1n) is 7.52. The number of hydrogen-bond donors (Lipinski definition) is 1. The van der Waals surface area contributed by atoms with Crippen molar-refractivity contribution in [2.75, 3.05) is 18.0 Å². The maximum atomic E-state index is 13.1. The zero-order valence-electron chi connectivity index (χ0n) is 12.8. The molecule has 1 N–H and O–H groups in total. The summed E-state index contributed by atoms with van der Waals surface area (Å²) in [4.78, 5) is 24.5. The van der Waals surface area contributed by atoms with Crippen molar-refractivity contribution in [1.82, 2.24) is 5.32 Å². The third-order valence-corrected chi connectivity index (χ3v) is 3.99. The zero-order valence-corrected chi connectivity index (χ0v) is 12.8. The number of nitrogens with zero attached hydrogens (tertiary/aromatic N) is 1. The lowest BCUT2D eigenvalue weighted by Gasteiger charge is -2.27. The number of hydrogen-bond acceptors (Lipinski definition) is 2. The fourth-order valence-electron chi connectivity index (χ4n) is 2.50. The van der Waals surface area contributed by atoms with Crippen molar-refractivity contribution >= 4 is 17.5 Å². The number of halogens is 3. The van der Waals surface area contributed by atoms with E-state index in [0.717, 1.165) is 30.2 Å². The highest BCUT2D eigenvalue weighted by atomic mass is 19.4. The molecule has 0 aromatic heterocycles. The number of rotatable bonds is 5. The van der Waals surface area contributed by atoms with Gasteiger partial charge in [-0.25, -0.2) is 0 Å². The Morgan fingerprint density at radius 1 is 1.26 bits per heavy atom. The summed E-state index contributed by atoms with van der Waals surface area (Å²) in [5.41, 5.74) is -1.05. The van der Waals surface area contributed by atoms with Gasteiger partial charge in [-0.2, -0.15) is 13.2 Å². The van der Waals surface area contributed by atoms with E-state index in [9.17, 15) is 22.8 Å². The van der Waals surface area contributed by atoms with E-state index in [4.69, 9.17) is 0 Å². The molecule has 1 aliphatic carbocycles. The number of alkyl halides is 3. The summed E-state index contributed by atoms with van der Waals surface area (Å²) in [5, 5.41) is 2.68. The molecule has 0 heterocycles. The van der Waals surface area contributed by atoms with E-state index in [1.165, 1.54) is 25.1 Å². The van der Waals surface area contributed by atoms with Gasteiger partial charge in [0.2, 0.25) is 11.8 Å². The number of carbonyl (C=O) groups excluding carboxylic acids is 2. The largest absolute Gasteiger partial charge is 0.418 e. The van der Waals surface area contributed by atoms with Crippen LogP contribution in [-0.4, -0.2) is 24.9 Å². The van der Waals surface area contributed by atoms with Crippen LogP contribution in [0.5, 0.6) is 0 Å². The molecular formula is C16H19F3N2O2. The maximum Gasteiger partial charge on any atom is 0.418 e. The molecular weight excluding hydrogens is 309 g/mol. The van der Waals surface area contributed by atoms with E-state index < -0.39 is 17.6 Å². The number of amides is 2. The molecule has 1 aliphatic rings. The summed E-state index contributed by atoms with van der Waals surface area (Å²) in [6.07, 6.45) is -1.82. The second-order valence-electron chi connectivity index (χ2n) is 5.60. The van der Waals surface area contributed by atoms with Gasteiger partial charge in [-0.05, 0) is 25.0 Å². The van der Waals surface area contributed by atoms with Crippen LogP contribution in [0.15, 0.2) is 24.3 Å². The SMILES string of the molecule is CC(=O)N(CCNC(=O)C1CCC1)c1ccccc1C(F)(F)F. The van der Waals surface area contributed by atoms with Gasteiger partial charge in [0.1, 0.15) is 0 Å². The summed E-state index contributed by atoms with van der Waals surface area (Å²) >= 11 is 0. The Bertz CT molecular complexity index is 583. The van der Waals surface area contributed by atoms with Crippen molar-refractivity contribution in [2.24, 2.45) is 5.92 Å². The van der Waals surface area contributed by atoms with Crippen molar-refractivity contribution < 1.29 is 22.8 Å². The molecule has 1 saturated carbocycles. The molecule has 2 amide bonds. The Morgan fingerprint density at radius 2 is 1.91 bits per heavy atom. The summed E-state index contributed by atoms with van der Waals surface area (Å²) in [6, 6.07) is 4.94. The summed E-state index contributed by atoms with van der Waals surface area (Å²) in [5.74, 6) is -0.591. The molecule has 126 valence electrons. The molecule has 0 aliphatic heterocycles. The number of anilines is 1. The van der Waals surface area contributed by atoms with Crippen LogP contribution in [0.2, 0.25) is 0 Å². The van der Waals surface area contributed by atoms with Gasteiger partial charge in [-0.3, -0.25) is 9.59 Å². The molecule has 0 bridgehead atoms. The third-order valence-electron chi connectivity index (χ3n) is 3.99. The van der Waals surface area contributed by atoms with Crippen LogP contribution in [0.4, 0.5) is 18.9 Å². The van der Waals surface area contributed by atoms with E-state index in [-0.39, 0.29) is 30.6 Å². The van der Waals surface area contributed by atoms with Crippen molar-refractivity contribution in [3.05, 3.63) is 29.8 Å². The molecule has 0 radical (unpaired) electrons. The minimum Gasteiger partial charge on any atom is -0.354 e. The molecule has 0 atom stereocenters. The predicted octanol–water partition coefficient (Wildman–Crippen LogP) is 2.97. The Morgan fingerprint density at radius 3 is 2.43 bits per heavy atom. The minimum atomic E-state index is -4.54. The van der Waals surface area contributed by atoms with Gasteiger partial charge < -0.3 is 10.2 Å². The van der Waals surface area contributed by atoms with E-state index in [0.29, 0.717) is 0 Å². The number of para-hydroxylation sites is 1. The van der Waals surface area contributed by atoms with Crippen molar-refractivity contribution in [3.8, 4) is 0 Å². The fourth-order valence-corrected chi connectivity index (χ4v) is 2.50. The van der Waals surface area contributed by atoms with Gasteiger partial charge >= 0.3 is 6.18 Å². The highest BCUT2D eigenvalue weighted by Gasteiger charge is 2.35. The quantitative estimate of drug-likeness (QED) is 0.903. The van der Waals surface area contributed by atoms with Crippen LogP contribution >= 0.6 is 0 Å². The topological polar surface area (TPSA) is 49.4 Å². The van der Waals surface area contributed by atoms with E-state index in [1.807, 2.05) is 0 Å². The average molecular weight is 328 g/mol. The lowest BCUT2D eigenvalue weighted by molar-refractivity contribution is -0.137. The summed E-state index contributed by atoms with van der Waals surface area (Å²) < 4.78 is 39.2. The van der Waals surface area contributed by atoms with Crippen molar-refractivity contribution in [3.63, 3.8) is 0 Å². The highest BCUT2D eigenvalue weighted by molar-refractivity contribution is 5.92. The van der Waals surface area contributed by atoms with E-state index >= 15 is 0 Å². The molecule has 1 aromatic rings. The summed E-state index contributed by atoms with van der Waals surface area (Å²) in [7, 11) is 0.